The number of carbonyl (C=O) groups is 1. The highest BCUT2D eigenvalue weighted by Gasteiger charge is 2.27. The van der Waals surface area contributed by atoms with Gasteiger partial charge in [-0.25, -0.2) is 9.97 Å². The van der Waals surface area contributed by atoms with Crippen molar-refractivity contribution in [2.45, 2.75) is 56.3 Å². The van der Waals surface area contributed by atoms with Crippen molar-refractivity contribution in [2.75, 3.05) is 7.11 Å². The Morgan fingerprint density at radius 2 is 1.69 bits per heavy atom. The van der Waals surface area contributed by atoms with Gasteiger partial charge in [0.1, 0.15) is 18.6 Å². The first-order chi connectivity index (χ1) is 20.1. The monoisotopic (exact) mass is 580 g/mol. The van der Waals surface area contributed by atoms with E-state index in [2.05, 4.69) is 52.4 Å². The summed E-state index contributed by atoms with van der Waals surface area (Å²) in [5.74, 6) is 1.70. The van der Waals surface area contributed by atoms with Gasteiger partial charge in [0.05, 0.1) is 31.1 Å². The van der Waals surface area contributed by atoms with Crippen LogP contribution < -0.4 is 9.47 Å². The number of fused-ring (bicyclic) bond motifs is 1. The third-order valence-corrected chi connectivity index (χ3v) is 8.23. The van der Waals surface area contributed by atoms with Crippen molar-refractivity contribution < 1.29 is 14.3 Å². The number of aldehydes is 1. The van der Waals surface area contributed by atoms with Crippen LogP contribution in [0.5, 0.6) is 11.5 Å². The van der Waals surface area contributed by atoms with Gasteiger partial charge in [-0.05, 0) is 48.7 Å². The van der Waals surface area contributed by atoms with Crippen molar-refractivity contribution in [1.82, 2.24) is 19.5 Å². The number of rotatable bonds is 10. The van der Waals surface area contributed by atoms with E-state index < -0.39 is 0 Å². The van der Waals surface area contributed by atoms with Gasteiger partial charge in [0.2, 0.25) is 0 Å². The maximum Gasteiger partial charge on any atom is 0.159 e. The second kappa shape index (κ2) is 12.4. The zero-order valence-corrected chi connectivity index (χ0v) is 25.7. The molecule has 5 rings (SSSR count). The number of benzene rings is 2. The number of nitrogens with zero attached hydrogens (tertiary/aromatic N) is 4. The summed E-state index contributed by atoms with van der Waals surface area (Å²) in [6.07, 6.45) is 6.81. The number of thioether (sulfide) groups is 1. The van der Waals surface area contributed by atoms with Gasteiger partial charge >= 0.3 is 0 Å². The first-order valence-electron chi connectivity index (χ1n) is 13.9. The van der Waals surface area contributed by atoms with Crippen LogP contribution in [0.2, 0.25) is 0 Å². The second-order valence-corrected chi connectivity index (χ2v) is 13.2. The molecule has 0 saturated carbocycles. The Morgan fingerprint density at radius 3 is 2.31 bits per heavy atom. The summed E-state index contributed by atoms with van der Waals surface area (Å²) in [4.78, 5) is 27.0. The average molecular weight is 581 g/mol. The third-order valence-electron chi connectivity index (χ3n) is 6.98. The Hall–Kier alpha value is -4.17. The van der Waals surface area contributed by atoms with Crippen LogP contribution in [-0.2, 0) is 24.9 Å². The molecule has 1 atom stereocenters. The molecule has 7 nitrogen and oxygen atoms in total. The number of hydrogen-bond donors (Lipinski definition) is 0. The minimum Gasteiger partial charge on any atom is -0.494 e. The average Bonchev–Trinajstić information content (AvgIpc) is 3.25. The predicted octanol–water partition coefficient (Wildman–Crippen LogP) is 7.34. The molecule has 0 spiro atoms. The van der Waals surface area contributed by atoms with Gasteiger partial charge in [-0.3, -0.25) is 4.98 Å². The van der Waals surface area contributed by atoms with Crippen LogP contribution in [0.25, 0.3) is 22.3 Å². The SMILES string of the molecule is COc1cnc(-c2ccc(C[C@H](C=O)c3c(SC(C)(C)C)c4cc(OCc5ccc(C)cn5)ccc4n3C)cc2)nc1. The molecular formula is C34H36N4O3S. The third kappa shape index (κ3) is 6.65. The smallest absolute Gasteiger partial charge is 0.159 e. The Kier molecular flexibility index (Phi) is 8.64. The molecule has 5 aromatic rings. The molecule has 0 aliphatic heterocycles. The molecule has 0 N–H and O–H groups in total. The highest BCUT2D eigenvalue weighted by Crippen LogP contribution is 2.44. The molecule has 0 unspecified atom stereocenters. The molecule has 216 valence electrons. The van der Waals surface area contributed by atoms with Gasteiger partial charge in [-0.2, -0.15) is 0 Å². The van der Waals surface area contributed by atoms with E-state index in [1.165, 1.54) is 0 Å². The molecule has 0 radical (unpaired) electrons. The van der Waals surface area contributed by atoms with Crippen LogP contribution in [0.4, 0.5) is 0 Å². The molecule has 3 heterocycles. The maximum absolute atomic E-state index is 12.7. The van der Waals surface area contributed by atoms with Crippen molar-refractivity contribution in [3.05, 3.63) is 95.7 Å². The molecular weight excluding hydrogens is 544 g/mol. The molecule has 0 aliphatic rings. The van der Waals surface area contributed by atoms with Crippen LogP contribution in [0, 0.1) is 6.92 Å². The molecule has 8 heteroatoms. The molecule has 0 amide bonds. The van der Waals surface area contributed by atoms with E-state index in [1.807, 2.05) is 62.6 Å². The summed E-state index contributed by atoms with van der Waals surface area (Å²) < 4.78 is 13.4. The highest BCUT2D eigenvalue weighted by molar-refractivity contribution is 8.00. The second-order valence-electron chi connectivity index (χ2n) is 11.4. The van der Waals surface area contributed by atoms with E-state index in [4.69, 9.17) is 9.47 Å². The number of hydrogen-bond acceptors (Lipinski definition) is 7. The molecule has 3 aromatic heterocycles. The number of pyridine rings is 1. The molecule has 42 heavy (non-hydrogen) atoms. The lowest BCUT2D eigenvalue weighted by atomic mass is 9.96. The standard InChI is InChI=1S/C34H36N4O3S/c1-22-7-12-26(35-17-22)21-41-27-13-14-30-29(16-27)32(42-34(2,3)4)31(38(30)5)25(20-39)15-23-8-10-24(11-9-23)33-36-18-28(40-6)19-37-33/h7-14,16-20,25H,15,21H2,1-6H3/t25-/m1/s1. The van der Waals surface area contributed by atoms with Crippen LogP contribution in [0.1, 0.15) is 49.2 Å². The Morgan fingerprint density at radius 1 is 0.952 bits per heavy atom. The van der Waals surface area contributed by atoms with Crippen LogP contribution in [0.3, 0.4) is 0 Å². The minimum absolute atomic E-state index is 0.0564. The van der Waals surface area contributed by atoms with Crippen LogP contribution >= 0.6 is 11.8 Å². The Labute approximate surface area is 251 Å². The largest absolute Gasteiger partial charge is 0.494 e. The molecule has 0 bridgehead atoms. The predicted molar refractivity (Wildman–Crippen MR) is 168 cm³/mol. The lowest BCUT2D eigenvalue weighted by Crippen LogP contribution is -2.13. The minimum atomic E-state index is -0.323. The summed E-state index contributed by atoms with van der Waals surface area (Å²) >= 11 is 1.79. The molecule has 0 aliphatic carbocycles. The Balaban J connectivity index is 1.45. The van der Waals surface area contributed by atoms with E-state index >= 15 is 0 Å². The molecule has 2 aromatic carbocycles. The van der Waals surface area contributed by atoms with Crippen molar-refractivity contribution in [1.29, 1.82) is 0 Å². The quantitative estimate of drug-likeness (QED) is 0.126. The van der Waals surface area contributed by atoms with E-state index in [1.54, 1.807) is 31.3 Å². The number of aromatic nitrogens is 4. The van der Waals surface area contributed by atoms with E-state index in [-0.39, 0.29) is 10.7 Å². The van der Waals surface area contributed by atoms with Crippen LogP contribution in [-0.4, -0.2) is 37.7 Å². The van der Waals surface area contributed by atoms with E-state index in [9.17, 15) is 4.79 Å². The summed E-state index contributed by atoms with van der Waals surface area (Å²) in [5, 5.41) is 1.08. The Bertz CT molecular complexity index is 1670. The fourth-order valence-electron chi connectivity index (χ4n) is 4.89. The van der Waals surface area contributed by atoms with Crippen LogP contribution in [0.15, 0.2) is 78.1 Å². The number of ether oxygens (including phenoxy) is 2. The van der Waals surface area contributed by atoms with Gasteiger partial charge in [-0.15, -0.1) is 11.8 Å². The normalized spacial score (nSPS) is 12.3. The topological polar surface area (TPSA) is 79.1 Å². The van der Waals surface area contributed by atoms with E-state index in [0.717, 1.165) is 55.9 Å². The van der Waals surface area contributed by atoms with Crippen molar-refractivity contribution in [2.24, 2.45) is 7.05 Å². The lowest BCUT2D eigenvalue weighted by molar-refractivity contribution is -0.109. The van der Waals surface area contributed by atoms with E-state index in [0.29, 0.717) is 24.6 Å². The fourth-order valence-corrected chi connectivity index (χ4v) is 6.17. The zero-order valence-electron chi connectivity index (χ0n) is 24.9. The number of carbonyl (C=O) groups excluding carboxylic acids is 1. The first kappa shape index (κ1) is 29.3. The summed E-state index contributed by atoms with van der Waals surface area (Å²) in [6.45, 7) is 8.99. The molecule has 0 fully saturated rings. The number of methoxy groups -OCH3 is 1. The van der Waals surface area contributed by atoms with Gasteiger partial charge in [0, 0.05) is 45.0 Å². The van der Waals surface area contributed by atoms with Gasteiger partial charge in [0.25, 0.3) is 0 Å². The summed E-state index contributed by atoms with van der Waals surface area (Å²) in [5.41, 5.74) is 6.05. The van der Waals surface area contributed by atoms with Gasteiger partial charge in [-0.1, -0.05) is 51.1 Å². The fraction of sp³-hybridized carbons (Fsp3) is 0.294. The van der Waals surface area contributed by atoms with Crippen molar-refractivity contribution in [3.63, 3.8) is 0 Å². The lowest BCUT2D eigenvalue weighted by Gasteiger charge is -2.21. The summed E-state index contributed by atoms with van der Waals surface area (Å²) in [7, 11) is 3.64. The highest BCUT2D eigenvalue weighted by atomic mass is 32.2. The zero-order chi connectivity index (χ0) is 29.9. The van der Waals surface area contributed by atoms with Gasteiger partial charge < -0.3 is 18.8 Å². The molecule has 0 saturated heterocycles. The van der Waals surface area contributed by atoms with Gasteiger partial charge in [0.15, 0.2) is 11.6 Å². The van der Waals surface area contributed by atoms with Crippen molar-refractivity contribution in [3.8, 4) is 22.9 Å². The number of aryl methyl sites for hydroxylation is 2. The maximum atomic E-state index is 12.7. The first-order valence-corrected chi connectivity index (χ1v) is 14.7. The summed E-state index contributed by atoms with van der Waals surface area (Å²) in [6, 6.07) is 18.3. The van der Waals surface area contributed by atoms with Crippen molar-refractivity contribution >= 4 is 29.0 Å².